The zero-order valence-electron chi connectivity index (χ0n) is 7.95. The Bertz CT molecular complexity index is 218. The summed E-state index contributed by atoms with van der Waals surface area (Å²) in [5.41, 5.74) is 0. The number of methoxy groups -OCH3 is 1. The number of carbonyl (C=O) groups excluding carboxylic acids is 1. The standard InChI is InChI=1S/C8H14O6/c1-3-4(9)5(10)6(11)7(14-3)8(12)13-2/h3-7,9-11H,1-2H3/t3-,4?,5+,6?,7-/m0/s1. The highest BCUT2D eigenvalue weighted by atomic mass is 16.6. The van der Waals surface area contributed by atoms with Crippen molar-refractivity contribution in [1.82, 2.24) is 0 Å². The Morgan fingerprint density at radius 3 is 2.29 bits per heavy atom. The molecule has 1 aliphatic heterocycles. The van der Waals surface area contributed by atoms with E-state index in [1.54, 1.807) is 0 Å². The van der Waals surface area contributed by atoms with Crippen molar-refractivity contribution in [1.29, 1.82) is 0 Å². The quantitative estimate of drug-likeness (QED) is 0.431. The van der Waals surface area contributed by atoms with Crippen LogP contribution in [0.1, 0.15) is 6.92 Å². The van der Waals surface area contributed by atoms with E-state index >= 15 is 0 Å². The molecule has 1 aliphatic rings. The average molecular weight is 206 g/mol. The number of esters is 1. The number of hydrogen-bond donors (Lipinski definition) is 3. The Labute approximate surface area is 81.1 Å². The first kappa shape index (κ1) is 11.4. The van der Waals surface area contributed by atoms with E-state index in [1.165, 1.54) is 6.92 Å². The zero-order valence-corrected chi connectivity index (χ0v) is 7.95. The molecule has 0 radical (unpaired) electrons. The topological polar surface area (TPSA) is 96.2 Å². The molecule has 5 atom stereocenters. The van der Waals surface area contributed by atoms with Crippen LogP contribution in [0.2, 0.25) is 0 Å². The van der Waals surface area contributed by atoms with Crippen LogP contribution in [0.5, 0.6) is 0 Å². The lowest BCUT2D eigenvalue weighted by molar-refractivity contribution is -0.225. The molecule has 1 rings (SSSR count). The third kappa shape index (κ3) is 1.88. The highest BCUT2D eigenvalue weighted by molar-refractivity contribution is 5.75. The van der Waals surface area contributed by atoms with Crippen molar-refractivity contribution in [3.8, 4) is 0 Å². The van der Waals surface area contributed by atoms with Gasteiger partial charge in [-0.05, 0) is 6.92 Å². The van der Waals surface area contributed by atoms with Gasteiger partial charge < -0.3 is 24.8 Å². The number of rotatable bonds is 1. The molecule has 0 spiro atoms. The van der Waals surface area contributed by atoms with Crippen LogP contribution in [0.25, 0.3) is 0 Å². The first-order valence-electron chi connectivity index (χ1n) is 4.26. The smallest absolute Gasteiger partial charge is 0.337 e. The van der Waals surface area contributed by atoms with E-state index in [0.717, 1.165) is 7.11 Å². The average Bonchev–Trinajstić information content (AvgIpc) is 2.19. The van der Waals surface area contributed by atoms with E-state index in [1.807, 2.05) is 0 Å². The molecular formula is C8H14O6. The first-order chi connectivity index (χ1) is 6.49. The van der Waals surface area contributed by atoms with Gasteiger partial charge in [0.1, 0.15) is 18.3 Å². The van der Waals surface area contributed by atoms with Crippen molar-refractivity contribution in [3.05, 3.63) is 0 Å². The van der Waals surface area contributed by atoms with Gasteiger partial charge in [0, 0.05) is 0 Å². The van der Waals surface area contributed by atoms with Gasteiger partial charge >= 0.3 is 5.97 Å². The Morgan fingerprint density at radius 2 is 1.79 bits per heavy atom. The van der Waals surface area contributed by atoms with Gasteiger partial charge in [-0.2, -0.15) is 0 Å². The van der Waals surface area contributed by atoms with Crippen LogP contribution < -0.4 is 0 Å². The molecule has 0 aromatic carbocycles. The number of carbonyl (C=O) groups is 1. The molecular weight excluding hydrogens is 192 g/mol. The van der Waals surface area contributed by atoms with Gasteiger partial charge in [-0.1, -0.05) is 0 Å². The molecule has 0 aromatic rings. The van der Waals surface area contributed by atoms with Crippen molar-refractivity contribution in [2.24, 2.45) is 0 Å². The van der Waals surface area contributed by atoms with Gasteiger partial charge in [0.15, 0.2) is 6.10 Å². The molecule has 1 saturated heterocycles. The van der Waals surface area contributed by atoms with E-state index in [4.69, 9.17) is 4.74 Å². The predicted octanol–water partition coefficient (Wildman–Crippen LogP) is -1.97. The predicted molar refractivity (Wildman–Crippen MR) is 44.4 cm³/mol. The molecule has 1 heterocycles. The van der Waals surface area contributed by atoms with Crippen LogP contribution in [-0.2, 0) is 14.3 Å². The SMILES string of the molecule is COC(=O)[C@H]1O[C@@H](C)C(O)[C@@H](O)C1O. The van der Waals surface area contributed by atoms with E-state index in [-0.39, 0.29) is 0 Å². The molecule has 6 nitrogen and oxygen atoms in total. The van der Waals surface area contributed by atoms with Crippen molar-refractivity contribution in [3.63, 3.8) is 0 Å². The fourth-order valence-electron chi connectivity index (χ4n) is 1.36. The van der Waals surface area contributed by atoms with Gasteiger partial charge in [-0.25, -0.2) is 4.79 Å². The summed E-state index contributed by atoms with van der Waals surface area (Å²) in [6.45, 7) is 1.50. The van der Waals surface area contributed by atoms with Crippen LogP contribution in [0.15, 0.2) is 0 Å². The minimum Gasteiger partial charge on any atom is -0.467 e. The Kier molecular flexibility index (Phi) is 3.43. The van der Waals surface area contributed by atoms with E-state index < -0.39 is 36.5 Å². The molecule has 1 fully saturated rings. The van der Waals surface area contributed by atoms with Crippen molar-refractivity contribution < 1.29 is 29.6 Å². The van der Waals surface area contributed by atoms with Gasteiger partial charge in [0.2, 0.25) is 0 Å². The van der Waals surface area contributed by atoms with Crippen LogP contribution in [0.4, 0.5) is 0 Å². The second-order valence-electron chi connectivity index (χ2n) is 3.26. The monoisotopic (exact) mass is 206 g/mol. The van der Waals surface area contributed by atoms with E-state index in [9.17, 15) is 20.1 Å². The molecule has 0 amide bonds. The Hall–Kier alpha value is -0.690. The number of aliphatic hydroxyl groups is 3. The summed E-state index contributed by atoms with van der Waals surface area (Å²) in [6, 6.07) is 0. The first-order valence-corrected chi connectivity index (χ1v) is 4.26. The second kappa shape index (κ2) is 4.22. The lowest BCUT2D eigenvalue weighted by atomic mass is 9.96. The van der Waals surface area contributed by atoms with Crippen LogP contribution >= 0.6 is 0 Å². The number of ether oxygens (including phenoxy) is 2. The molecule has 0 bridgehead atoms. The maximum absolute atomic E-state index is 11.1. The maximum Gasteiger partial charge on any atom is 0.337 e. The fourth-order valence-corrected chi connectivity index (χ4v) is 1.36. The molecule has 0 aromatic heterocycles. The maximum atomic E-state index is 11.1. The summed E-state index contributed by atoms with van der Waals surface area (Å²) < 4.78 is 9.37. The summed E-state index contributed by atoms with van der Waals surface area (Å²) in [5, 5.41) is 28.0. The second-order valence-corrected chi connectivity index (χ2v) is 3.26. The van der Waals surface area contributed by atoms with Gasteiger partial charge in [-0.3, -0.25) is 0 Å². The minimum absolute atomic E-state index is 0.725. The molecule has 6 heteroatoms. The highest BCUT2D eigenvalue weighted by Crippen LogP contribution is 2.21. The molecule has 14 heavy (non-hydrogen) atoms. The fraction of sp³-hybridized carbons (Fsp3) is 0.875. The summed E-state index contributed by atoms with van der Waals surface area (Å²) >= 11 is 0. The van der Waals surface area contributed by atoms with Gasteiger partial charge in [-0.15, -0.1) is 0 Å². The molecule has 82 valence electrons. The summed E-state index contributed by atoms with van der Waals surface area (Å²) in [4.78, 5) is 11.1. The van der Waals surface area contributed by atoms with E-state index in [0.29, 0.717) is 0 Å². The lowest BCUT2D eigenvalue weighted by Gasteiger charge is -2.37. The van der Waals surface area contributed by atoms with E-state index in [2.05, 4.69) is 4.74 Å². The Balaban J connectivity index is 2.75. The van der Waals surface area contributed by atoms with Gasteiger partial charge in [0.05, 0.1) is 13.2 Å². The van der Waals surface area contributed by atoms with Gasteiger partial charge in [0.25, 0.3) is 0 Å². The molecule has 3 N–H and O–H groups in total. The van der Waals surface area contributed by atoms with Crippen LogP contribution in [0, 0.1) is 0 Å². The number of hydrogen-bond acceptors (Lipinski definition) is 6. The normalized spacial score (nSPS) is 43.4. The Morgan fingerprint density at radius 1 is 1.21 bits per heavy atom. The third-order valence-electron chi connectivity index (χ3n) is 2.29. The summed E-state index contributed by atoms with van der Waals surface area (Å²) in [6.07, 6.45) is -6.03. The van der Waals surface area contributed by atoms with Crippen molar-refractivity contribution in [2.45, 2.75) is 37.4 Å². The molecule has 2 unspecified atom stereocenters. The third-order valence-corrected chi connectivity index (χ3v) is 2.29. The zero-order chi connectivity index (χ0) is 10.9. The van der Waals surface area contributed by atoms with Crippen LogP contribution in [-0.4, -0.2) is 58.9 Å². The summed E-state index contributed by atoms with van der Waals surface area (Å²) in [5.74, 6) is -0.768. The van der Waals surface area contributed by atoms with Crippen molar-refractivity contribution >= 4 is 5.97 Å². The minimum atomic E-state index is -1.46. The van der Waals surface area contributed by atoms with Crippen molar-refractivity contribution in [2.75, 3.05) is 7.11 Å². The lowest BCUT2D eigenvalue weighted by Crippen LogP contribution is -2.59. The molecule has 0 saturated carbocycles. The largest absolute Gasteiger partial charge is 0.467 e. The number of aliphatic hydroxyl groups excluding tert-OH is 3. The summed E-state index contributed by atoms with van der Waals surface area (Å²) in [7, 11) is 1.15. The highest BCUT2D eigenvalue weighted by Gasteiger charge is 2.45. The van der Waals surface area contributed by atoms with Crippen LogP contribution in [0.3, 0.4) is 0 Å². The molecule has 0 aliphatic carbocycles.